The zero-order chi connectivity index (χ0) is 14.0. The van der Waals surface area contributed by atoms with Gasteiger partial charge < -0.3 is 5.73 Å². The van der Waals surface area contributed by atoms with Gasteiger partial charge in [-0.2, -0.15) is 0 Å². The van der Waals surface area contributed by atoms with Crippen molar-refractivity contribution in [2.75, 3.05) is 0 Å². The molecule has 2 N–H and O–H groups in total. The molecule has 0 heterocycles. The lowest BCUT2D eigenvalue weighted by molar-refractivity contribution is 0.506. The summed E-state index contributed by atoms with van der Waals surface area (Å²) in [6, 6.07) is 9.57. The molecule has 5 heteroatoms. The predicted octanol–water partition coefficient (Wildman–Crippen LogP) is 4.90. The van der Waals surface area contributed by atoms with Crippen LogP contribution in [0.2, 0.25) is 0 Å². The first-order chi connectivity index (χ1) is 8.97. The van der Waals surface area contributed by atoms with Gasteiger partial charge in [0.1, 0.15) is 0 Å². The van der Waals surface area contributed by atoms with Crippen LogP contribution in [0.1, 0.15) is 18.5 Å². The molecular formula is C14H12BrF2NS. The Morgan fingerprint density at radius 1 is 1.05 bits per heavy atom. The summed E-state index contributed by atoms with van der Waals surface area (Å²) in [5.74, 6) is -1.67. The lowest BCUT2D eigenvalue weighted by Crippen LogP contribution is -2.05. The number of benzene rings is 2. The third-order valence-corrected chi connectivity index (χ3v) is 4.26. The molecule has 0 bridgehead atoms. The summed E-state index contributed by atoms with van der Waals surface area (Å²) in [4.78, 5) is 1.58. The Balaban J connectivity index is 2.24. The summed E-state index contributed by atoms with van der Waals surface area (Å²) < 4.78 is 26.9. The maximum atomic E-state index is 13.1. The molecule has 0 aliphatic carbocycles. The number of halogens is 3. The van der Waals surface area contributed by atoms with E-state index in [-0.39, 0.29) is 6.04 Å². The summed E-state index contributed by atoms with van der Waals surface area (Å²) in [7, 11) is 0. The molecule has 1 nitrogen and oxygen atoms in total. The van der Waals surface area contributed by atoms with Crippen molar-refractivity contribution in [1.29, 1.82) is 0 Å². The minimum absolute atomic E-state index is 0.0586. The van der Waals surface area contributed by atoms with Crippen molar-refractivity contribution in [2.45, 2.75) is 22.8 Å². The third kappa shape index (κ3) is 3.55. The van der Waals surface area contributed by atoms with Crippen LogP contribution in [-0.4, -0.2) is 0 Å². The van der Waals surface area contributed by atoms with Gasteiger partial charge in [0, 0.05) is 20.3 Å². The summed E-state index contributed by atoms with van der Waals surface area (Å²) in [5, 5.41) is 0. The van der Waals surface area contributed by atoms with Crippen molar-refractivity contribution in [3.05, 3.63) is 58.1 Å². The average Bonchev–Trinajstić information content (AvgIpc) is 2.33. The van der Waals surface area contributed by atoms with E-state index in [9.17, 15) is 8.78 Å². The number of hydrogen-bond donors (Lipinski definition) is 1. The van der Waals surface area contributed by atoms with Gasteiger partial charge in [-0.25, -0.2) is 8.78 Å². The van der Waals surface area contributed by atoms with Crippen molar-refractivity contribution in [1.82, 2.24) is 0 Å². The van der Waals surface area contributed by atoms with E-state index in [2.05, 4.69) is 15.9 Å². The first-order valence-corrected chi connectivity index (χ1v) is 7.26. The molecule has 0 saturated carbocycles. The van der Waals surface area contributed by atoms with Crippen LogP contribution in [0, 0.1) is 11.6 Å². The maximum Gasteiger partial charge on any atom is 0.159 e. The topological polar surface area (TPSA) is 26.0 Å². The maximum absolute atomic E-state index is 13.1. The first-order valence-electron chi connectivity index (χ1n) is 5.65. The van der Waals surface area contributed by atoms with E-state index in [1.807, 2.05) is 25.1 Å². The Kier molecular flexibility index (Phi) is 4.60. The predicted molar refractivity (Wildman–Crippen MR) is 77.2 cm³/mol. The van der Waals surface area contributed by atoms with Gasteiger partial charge in [0.05, 0.1) is 0 Å². The van der Waals surface area contributed by atoms with Gasteiger partial charge in [-0.15, -0.1) is 0 Å². The van der Waals surface area contributed by atoms with E-state index in [1.54, 1.807) is 6.07 Å². The Labute approximate surface area is 123 Å². The fourth-order valence-corrected chi connectivity index (χ4v) is 3.39. The molecule has 2 rings (SSSR count). The van der Waals surface area contributed by atoms with E-state index in [4.69, 9.17) is 5.73 Å². The molecule has 2 aromatic rings. The second-order valence-electron chi connectivity index (χ2n) is 4.15. The lowest BCUT2D eigenvalue weighted by Gasteiger charge is -2.10. The standard InChI is InChI=1S/C14H12BrF2NS/c1-8(18)11-4-2-9(6-12(11)15)19-10-3-5-13(16)14(17)7-10/h2-8H,18H2,1H3. The van der Waals surface area contributed by atoms with Gasteiger partial charge in [-0.1, -0.05) is 33.8 Å². The van der Waals surface area contributed by atoms with Gasteiger partial charge >= 0.3 is 0 Å². The largest absolute Gasteiger partial charge is 0.324 e. The number of rotatable bonds is 3. The highest BCUT2D eigenvalue weighted by Crippen LogP contribution is 2.33. The fourth-order valence-electron chi connectivity index (χ4n) is 1.62. The highest BCUT2D eigenvalue weighted by atomic mass is 79.9. The molecule has 0 aliphatic rings. The fraction of sp³-hybridized carbons (Fsp3) is 0.143. The van der Waals surface area contributed by atoms with E-state index >= 15 is 0 Å². The van der Waals surface area contributed by atoms with Crippen LogP contribution in [0.5, 0.6) is 0 Å². The van der Waals surface area contributed by atoms with Crippen LogP contribution in [0.15, 0.2) is 50.7 Å². The molecule has 0 saturated heterocycles. The second kappa shape index (κ2) is 6.03. The molecule has 1 unspecified atom stereocenters. The number of hydrogen-bond acceptors (Lipinski definition) is 2. The zero-order valence-electron chi connectivity index (χ0n) is 10.2. The lowest BCUT2D eigenvalue weighted by atomic mass is 10.1. The van der Waals surface area contributed by atoms with Crippen LogP contribution in [0.25, 0.3) is 0 Å². The molecule has 100 valence electrons. The van der Waals surface area contributed by atoms with Gasteiger partial charge in [0.15, 0.2) is 11.6 Å². The number of nitrogens with two attached hydrogens (primary N) is 1. The molecule has 0 aliphatic heterocycles. The normalized spacial score (nSPS) is 12.5. The van der Waals surface area contributed by atoms with Crippen LogP contribution < -0.4 is 5.73 Å². The SMILES string of the molecule is CC(N)c1ccc(Sc2ccc(F)c(F)c2)cc1Br. The van der Waals surface area contributed by atoms with E-state index in [0.29, 0.717) is 4.90 Å². The Morgan fingerprint density at radius 3 is 2.26 bits per heavy atom. The first kappa shape index (κ1) is 14.5. The summed E-state index contributed by atoms with van der Waals surface area (Å²) in [6.07, 6.45) is 0. The van der Waals surface area contributed by atoms with Crippen molar-refractivity contribution < 1.29 is 8.78 Å². The monoisotopic (exact) mass is 343 g/mol. The van der Waals surface area contributed by atoms with Crippen LogP contribution in [0.3, 0.4) is 0 Å². The Hall–Kier alpha value is -0.910. The average molecular weight is 344 g/mol. The van der Waals surface area contributed by atoms with Crippen LogP contribution in [0.4, 0.5) is 8.78 Å². The minimum atomic E-state index is -0.837. The van der Waals surface area contributed by atoms with Gasteiger partial charge in [0.25, 0.3) is 0 Å². The molecule has 0 aromatic heterocycles. The molecule has 0 spiro atoms. The van der Waals surface area contributed by atoms with Crippen molar-refractivity contribution in [3.63, 3.8) is 0 Å². The zero-order valence-corrected chi connectivity index (χ0v) is 12.6. The highest BCUT2D eigenvalue weighted by molar-refractivity contribution is 9.10. The quantitative estimate of drug-likeness (QED) is 0.857. The van der Waals surface area contributed by atoms with E-state index in [1.165, 1.54) is 17.8 Å². The van der Waals surface area contributed by atoms with Crippen LogP contribution >= 0.6 is 27.7 Å². The van der Waals surface area contributed by atoms with Crippen molar-refractivity contribution in [2.24, 2.45) is 5.73 Å². The Bertz CT molecular complexity index is 602. The molecule has 0 fully saturated rings. The van der Waals surface area contributed by atoms with E-state index < -0.39 is 11.6 Å². The second-order valence-corrected chi connectivity index (χ2v) is 6.15. The van der Waals surface area contributed by atoms with Crippen molar-refractivity contribution in [3.8, 4) is 0 Å². The van der Waals surface area contributed by atoms with Gasteiger partial charge in [-0.3, -0.25) is 0 Å². The Morgan fingerprint density at radius 2 is 1.68 bits per heavy atom. The summed E-state index contributed by atoms with van der Waals surface area (Å²) in [5.41, 5.74) is 6.83. The highest BCUT2D eigenvalue weighted by Gasteiger charge is 2.08. The molecule has 1 atom stereocenters. The molecule has 2 aromatic carbocycles. The molecule has 0 radical (unpaired) electrons. The summed E-state index contributed by atoms with van der Waals surface area (Å²) in [6.45, 7) is 1.91. The molecule has 19 heavy (non-hydrogen) atoms. The van der Waals surface area contributed by atoms with Crippen molar-refractivity contribution >= 4 is 27.7 Å². The third-order valence-electron chi connectivity index (χ3n) is 2.59. The summed E-state index contributed by atoms with van der Waals surface area (Å²) >= 11 is 4.83. The van der Waals surface area contributed by atoms with Crippen LogP contribution in [-0.2, 0) is 0 Å². The van der Waals surface area contributed by atoms with Gasteiger partial charge in [-0.05, 0) is 42.8 Å². The smallest absolute Gasteiger partial charge is 0.159 e. The van der Waals surface area contributed by atoms with E-state index in [0.717, 1.165) is 21.0 Å². The van der Waals surface area contributed by atoms with Gasteiger partial charge in [0.2, 0.25) is 0 Å². The molecular weight excluding hydrogens is 332 g/mol. The molecule has 0 amide bonds. The minimum Gasteiger partial charge on any atom is -0.324 e.